The van der Waals surface area contributed by atoms with Gasteiger partial charge in [-0.2, -0.15) is 0 Å². The van der Waals surface area contributed by atoms with Crippen LogP contribution in [-0.2, 0) is 28.8 Å². The van der Waals surface area contributed by atoms with Gasteiger partial charge in [0.1, 0.15) is 30.2 Å². The van der Waals surface area contributed by atoms with Crippen molar-refractivity contribution < 1.29 is 38.4 Å². The van der Waals surface area contributed by atoms with Crippen molar-refractivity contribution in [1.82, 2.24) is 51.9 Å². The highest BCUT2D eigenvalue weighted by molar-refractivity contribution is 6.14. The van der Waals surface area contributed by atoms with Crippen LogP contribution in [-0.4, -0.2) is 132 Å². The smallest absolute Gasteiger partial charge is 0.251 e. The van der Waals surface area contributed by atoms with Gasteiger partial charge in [0.05, 0.1) is 12.1 Å². The SMILES string of the molecule is CN[C@@H](C)C(=O)N[C@H](C(=O)N1C[C@@H](NC(=O)c2cccc(C(=O)NCCCC[C@H](NC(=O)[C@@H](NC(=O)[C@H](C)N(C)Cl)C(C)C)C(=O)N[C@@H](C)C(C)C)c2)CC1C(=O)N[C@H](C)c1ccccc1)C(C)(C)C. The highest BCUT2D eigenvalue weighted by Crippen LogP contribution is 2.27. The van der Waals surface area contributed by atoms with Crippen LogP contribution in [0.5, 0.6) is 0 Å². The zero-order chi connectivity index (χ0) is 52.6. The van der Waals surface area contributed by atoms with E-state index in [9.17, 15) is 38.4 Å². The van der Waals surface area contributed by atoms with Crippen molar-refractivity contribution in [2.24, 2.45) is 17.3 Å². The molecular formula is C51H79ClN10O8. The molecule has 1 fully saturated rings. The van der Waals surface area contributed by atoms with Gasteiger partial charge in [-0.15, -0.1) is 0 Å². The van der Waals surface area contributed by atoms with Crippen molar-refractivity contribution in [1.29, 1.82) is 0 Å². The molecule has 1 aliphatic rings. The van der Waals surface area contributed by atoms with E-state index in [1.807, 2.05) is 78.8 Å². The molecule has 8 amide bonds. The summed E-state index contributed by atoms with van der Waals surface area (Å²) in [5.74, 6) is -3.62. The van der Waals surface area contributed by atoms with Gasteiger partial charge in [0.2, 0.25) is 35.4 Å². The Bertz CT molecular complexity index is 2120. The van der Waals surface area contributed by atoms with Gasteiger partial charge >= 0.3 is 0 Å². The lowest BCUT2D eigenvalue weighted by Crippen LogP contribution is -2.59. The standard InChI is InChI=1S/C51H79ClN10O8/c1-29(2)31(5)55-47(67)39(58-49(69)41(30(3)4)59-44(64)34(8)61(13)52)24-17-18-25-54-45(65)36-22-19-23-37(26-36)46(66)57-38-27-40(48(68)56-32(6)35-20-15-14-16-21-35)62(28-38)50(70)42(51(9,10)11)60-43(63)33(7)53-12/h14-16,19-23,26,29-34,38-42,53H,17-18,24-25,27-28H2,1-13H3,(H,54,65)(H,55,67)(H,56,68)(H,57,66)(H,58,69)(H,59,64)(H,60,63)/t31-,32+,33-,34-,38-,39-,40?,41-,42+/m0/s1. The Kier molecular flexibility index (Phi) is 22.8. The number of unbranched alkanes of at least 4 members (excludes halogenated alkanes) is 1. The minimum Gasteiger partial charge on any atom is -0.352 e. The second kappa shape index (κ2) is 27.1. The highest BCUT2D eigenvalue weighted by atomic mass is 35.5. The van der Waals surface area contributed by atoms with Crippen molar-refractivity contribution >= 4 is 59.0 Å². The van der Waals surface area contributed by atoms with Gasteiger partial charge < -0.3 is 47.4 Å². The Balaban J connectivity index is 1.71. The maximum absolute atomic E-state index is 14.4. The summed E-state index contributed by atoms with van der Waals surface area (Å²) in [6.45, 7) is 20.3. The molecular weight excluding hydrogens is 916 g/mol. The fourth-order valence-corrected chi connectivity index (χ4v) is 7.71. The molecule has 2 aromatic carbocycles. The van der Waals surface area contributed by atoms with E-state index in [1.54, 1.807) is 52.9 Å². The molecule has 388 valence electrons. The van der Waals surface area contributed by atoms with Crippen LogP contribution in [0.15, 0.2) is 54.6 Å². The molecule has 0 saturated carbocycles. The normalized spacial score (nSPS) is 17.9. The number of hydrogen-bond donors (Lipinski definition) is 8. The lowest BCUT2D eigenvalue weighted by molar-refractivity contribution is -0.144. The summed E-state index contributed by atoms with van der Waals surface area (Å²) in [4.78, 5) is 110. The van der Waals surface area contributed by atoms with E-state index in [0.29, 0.717) is 12.8 Å². The molecule has 0 bridgehead atoms. The fraction of sp³-hybridized carbons (Fsp3) is 0.608. The van der Waals surface area contributed by atoms with Gasteiger partial charge in [0.25, 0.3) is 11.8 Å². The van der Waals surface area contributed by atoms with Gasteiger partial charge in [0.15, 0.2) is 0 Å². The van der Waals surface area contributed by atoms with Crippen LogP contribution in [0.3, 0.4) is 0 Å². The quantitative estimate of drug-likeness (QED) is 0.0562. The molecule has 18 nitrogen and oxygen atoms in total. The third-order valence-electron chi connectivity index (χ3n) is 12.9. The van der Waals surface area contributed by atoms with E-state index >= 15 is 0 Å². The predicted molar refractivity (Wildman–Crippen MR) is 271 cm³/mol. The Morgan fingerprint density at radius 1 is 0.729 bits per heavy atom. The molecule has 1 heterocycles. The number of rotatable bonds is 24. The minimum atomic E-state index is -0.987. The predicted octanol–water partition coefficient (Wildman–Crippen LogP) is 3.56. The van der Waals surface area contributed by atoms with E-state index in [-0.39, 0.29) is 72.8 Å². The Hall–Kier alpha value is -5.59. The lowest BCUT2D eigenvalue weighted by Gasteiger charge is -2.36. The minimum absolute atomic E-state index is 0.00391. The van der Waals surface area contributed by atoms with Crippen LogP contribution in [0.25, 0.3) is 0 Å². The first-order chi connectivity index (χ1) is 32.8. The van der Waals surface area contributed by atoms with Gasteiger partial charge in [-0.25, -0.2) is 4.42 Å². The molecule has 2 aromatic rings. The van der Waals surface area contributed by atoms with E-state index in [0.717, 1.165) is 5.56 Å². The van der Waals surface area contributed by atoms with Crippen LogP contribution in [0, 0.1) is 17.3 Å². The summed E-state index contributed by atoms with van der Waals surface area (Å²) < 4.78 is 1.21. The molecule has 0 aromatic heterocycles. The van der Waals surface area contributed by atoms with Crippen molar-refractivity contribution in [3.8, 4) is 0 Å². The number of carbonyl (C=O) groups excluding carboxylic acids is 8. The first kappa shape index (κ1) is 58.7. The van der Waals surface area contributed by atoms with Crippen molar-refractivity contribution in [3.63, 3.8) is 0 Å². The number of benzene rings is 2. The number of amides is 8. The van der Waals surface area contributed by atoms with E-state index < -0.39 is 83.2 Å². The molecule has 1 aliphatic heterocycles. The first-order valence-corrected chi connectivity index (χ1v) is 24.7. The summed E-state index contributed by atoms with van der Waals surface area (Å²) in [7, 11) is 3.18. The second-order valence-electron chi connectivity index (χ2n) is 20.2. The number of nitrogens with one attached hydrogen (secondary N) is 8. The van der Waals surface area contributed by atoms with Gasteiger partial charge in [0, 0.05) is 43.3 Å². The number of hydrogen-bond acceptors (Lipinski definition) is 10. The monoisotopic (exact) mass is 995 g/mol. The van der Waals surface area contributed by atoms with Crippen molar-refractivity contribution in [3.05, 3.63) is 71.3 Å². The fourth-order valence-electron chi connectivity index (χ4n) is 7.62. The summed E-state index contributed by atoms with van der Waals surface area (Å²) in [5.41, 5.74) is 0.561. The molecule has 9 atom stereocenters. The van der Waals surface area contributed by atoms with Crippen LogP contribution in [0.4, 0.5) is 0 Å². The van der Waals surface area contributed by atoms with E-state index in [4.69, 9.17) is 11.8 Å². The summed E-state index contributed by atoms with van der Waals surface area (Å²) in [5, 5.41) is 23.2. The van der Waals surface area contributed by atoms with Gasteiger partial charge in [-0.1, -0.05) is 84.9 Å². The lowest BCUT2D eigenvalue weighted by atomic mass is 9.85. The zero-order valence-corrected chi connectivity index (χ0v) is 44.1. The number of carbonyl (C=O) groups is 8. The molecule has 3 rings (SSSR count). The average Bonchev–Trinajstić information content (AvgIpc) is 3.74. The molecule has 0 aliphatic carbocycles. The highest BCUT2D eigenvalue weighted by Gasteiger charge is 2.46. The summed E-state index contributed by atoms with van der Waals surface area (Å²) in [6.07, 6.45) is 1.27. The molecule has 1 saturated heterocycles. The third kappa shape index (κ3) is 17.4. The summed E-state index contributed by atoms with van der Waals surface area (Å²) in [6, 6.07) is 9.33. The van der Waals surface area contributed by atoms with E-state index in [1.165, 1.54) is 22.4 Å². The van der Waals surface area contributed by atoms with E-state index in [2.05, 4.69) is 42.5 Å². The first-order valence-electron chi connectivity index (χ1n) is 24.4. The molecule has 0 spiro atoms. The number of likely N-dealkylation sites (tertiary alicyclic amines) is 1. The second-order valence-corrected chi connectivity index (χ2v) is 20.8. The average molecular weight is 996 g/mol. The maximum atomic E-state index is 14.4. The molecule has 0 radical (unpaired) electrons. The molecule has 19 heteroatoms. The maximum Gasteiger partial charge on any atom is 0.251 e. The Labute approximate surface area is 419 Å². The third-order valence-corrected chi connectivity index (χ3v) is 13.2. The topological polar surface area (TPSA) is 239 Å². The largest absolute Gasteiger partial charge is 0.352 e. The molecule has 8 N–H and O–H groups in total. The Morgan fingerprint density at radius 3 is 1.93 bits per heavy atom. The van der Waals surface area contributed by atoms with Crippen molar-refractivity contribution in [2.45, 2.75) is 156 Å². The van der Waals surface area contributed by atoms with Crippen LogP contribution >= 0.6 is 11.8 Å². The van der Waals surface area contributed by atoms with Crippen LogP contribution in [0.2, 0.25) is 0 Å². The van der Waals surface area contributed by atoms with Gasteiger partial charge in [-0.05, 0) is 113 Å². The van der Waals surface area contributed by atoms with Gasteiger partial charge in [-0.3, -0.25) is 38.4 Å². The number of likely N-dealkylation sites (N-methyl/N-ethyl adjacent to an activating group) is 2. The zero-order valence-electron chi connectivity index (χ0n) is 43.3. The number of halogens is 1. The van der Waals surface area contributed by atoms with Crippen molar-refractivity contribution in [2.75, 3.05) is 27.2 Å². The van der Waals surface area contributed by atoms with Crippen LogP contribution < -0.4 is 42.5 Å². The van der Waals surface area contributed by atoms with Crippen LogP contribution in [0.1, 0.15) is 134 Å². The number of nitrogens with zero attached hydrogens (tertiary/aromatic N) is 2. The molecule has 70 heavy (non-hydrogen) atoms. The summed E-state index contributed by atoms with van der Waals surface area (Å²) >= 11 is 5.98. The molecule has 1 unspecified atom stereocenters. The Morgan fingerprint density at radius 2 is 1.36 bits per heavy atom.